The van der Waals surface area contributed by atoms with Crippen LogP contribution in [0.3, 0.4) is 0 Å². The highest BCUT2D eigenvalue weighted by molar-refractivity contribution is 9.10. The summed E-state index contributed by atoms with van der Waals surface area (Å²) in [4.78, 5) is 12.1. The molecule has 0 aliphatic rings. The van der Waals surface area contributed by atoms with Crippen LogP contribution < -0.4 is 11.1 Å². The first-order valence-corrected chi connectivity index (χ1v) is 7.75. The summed E-state index contributed by atoms with van der Waals surface area (Å²) in [7, 11) is 0. The quantitative estimate of drug-likeness (QED) is 0.827. The van der Waals surface area contributed by atoms with Gasteiger partial charge in [-0.15, -0.1) is 0 Å². The molecule has 0 saturated heterocycles. The zero-order valence-corrected chi connectivity index (χ0v) is 13.9. The fourth-order valence-corrected chi connectivity index (χ4v) is 2.78. The molecule has 0 fully saturated rings. The van der Waals surface area contributed by atoms with Gasteiger partial charge in [0.2, 0.25) is 5.91 Å². The molecule has 0 saturated carbocycles. The van der Waals surface area contributed by atoms with Crippen molar-refractivity contribution in [1.29, 1.82) is 0 Å². The van der Waals surface area contributed by atoms with Crippen molar-refractivity contribution in [3.8, 4) is 0 Å². The maximum atomic E-state index is 12.1. The molecule has 2 aromatic rings. The van der Waals surface area contributed by atoms with E-state index in [1.807, 2.05) is 49.4 Å². The maximum Gasteiger partial charge on any atom is 0.247 e. The predicted molar refractivity (Wildman–Crippen MR) is 90.4 cm³/mol. The van der Waals surface area contributed by atoms with Gasteiger partial charge in [0.05, 0.1) is 5.02 Å². The topological polar surface area (TPSA) is 55.1 Å². The lowest BCUT2D eigenvalue weighted by molar-refractivity contribution is -0.122. The summed E-state index contributed by atoms with van der Waals surface area (Å²) in [5, 5.41) is 3.88. The van der Waals surface area contributed by atoms with Gasteiger partial charge >= 0.3 is 0 Å². The van der Waals surface area contributed by atoms with Gasteiger partial charge < -0.3 is 11.1 Å². The van der Waals surface area contributed by atoms with Gasteiger partial charge in [-0.2, -0.15) is 0 Å². The molecular weight excluding hydrogens is 352 g/mol. The summed E-state index contributed by atoms with van der Waals surface area (Å²) in [5.74, 6) is -0.415. The summed E-state index contributed by atoms with van der Waals surface area (Å²) < 4.78 is 0.761. The second-order valence-corrected chi connectivity index (χ2v) is 6.00. The molecule has 3 nitrogen and oxygen atoms in total. The zero-order chi connectivity index (χ0) is 15.5. The van der Waals surface area contributed by atoms with Gasteiger partial charge in [-0.1, -0.05) is 48.9 Å². The van der Waals surface area contributed by atoms with Crippen molar-refractivity contribution >= 4 is 39.1 Å². The Balaban J connectivity index is 2.46. The summed E-state index contributed by atoms with van der Waals surface area (Å²) in [6, 6.07) is 14.9. The van der Waals surface area contributed by atoms with Gasteiger partial charge in [0.25, 0.3) is 0 Å². The third kappa shape index (κ3) is 3.22. The van der Waals surface area contributed by atoms with Crippen molar-refractivity contribution in [1.82, 2.24) is 0 Å². The molecule has 0 aliphatic heterocycles. The van der Waals surface area contributed by atoms with Crippen LogP contribution in [0.2, 0.25) is 5.02 Å². The number of primary amides is 1. The van der Waals surface area contributed by atoms with E-state index in [4.69, 9.17) is 17.3 Å². The minimum Gasteiger partial charge on any atom is -0.368 e. The van der Waals surface area contributed by atoms with Gasteiger partial charge in [-0.25, -0.2) is 0 Å². The molecule has 0 bridgehead atoms. The number of anilines is 1. The Labute approximate surface area is 137 Å². The molecule has 21 heavy (non-hydrogen) atoms. The maximum absolute atomic E-state index is 12.1. The predicted octanol–water partition coefficient (Wildman–Crippen LogP) is 4.31. The van der Waals surface area contributed by atoms with E-state index in [1.54, 1.807) is 6.07 Å². The molecule has 2 rings (SSSR count). The molecule has 0 aromatic heterocycles. The average Bonchev–Trinajstić information content (AvgIpc) is 2.49. The number of carbonyl (C=O) groups is 1. The number of hydrogen-bond acceptors (Lipinski definition) is 2. The van der Waals surface area contributed by atoms with Crippen LogP contribution >= 0.6 is 27.5 Å². The number of halogens is 2. The zero-order valence-electron chi connectivity index (χ0n) is 11.6. The van der Waals surface area contributed by atoms with Gasteiger partial charge in [0.15, 0.2) is 0 Å². The van der Waals surface area contributed by atoms with Crippen molar-refractivity contribution < 1.29 is 4.79 Å². The van der Waals surface area contributed by atoms with Crippen LogP contribution in [0, 0.1) is 0 Å². The van der Waals surface area contributed by atoms with Crippen LogP contribution in [0.4, 0.5) is 5.69 Å². The number of benzene rings is 2. The van der Waals surface area contributed by atoms with Crippen LogP contribution in [0.25, 0.3) is 0 Å². The van der Waals surface area contributed by atoms with Gasteiger partial charge in [0.1, 0.15) is 5.54 Å². The van der Waals surface area contributed by atoms with Crippen LogP contribution in [0.15, 0.2) is 53.0 Å². The summed E-state index contributed by atoms with van der Waals surface area (Å²) in [6.07, 6.45) is 0.534. The molecule has 0 heterocycles. The largest absolute Gasteiger partial charge is 0.368 e. The summed E-state index contributed by atoms with van der Waals surface area (Å²) in [5.41, 5.74) is 6.35. The van der Waals surface area contributed by atoms with E-state index in [0.717, 1.165) is 15.7 Å². The number of amides is 1. The number of nitrogens with one attached hydrogen (secondary N) is 1. The molecule has 0 aliphatic carbocycles. The summed E-state index contributed by atoms with van der Waals surface area (Å²) >= 11 is 9.38. The monoisotopic (exact) mass is 366 g/mol. The van der Waals surface area contributed by atoms with Crippen LogP contribution in [0.5, 0.6) is 0 Å². The highest BCUT2D eigenvalue weighted by atomic mass is 79.9. The number of rotatable bonds is 5. The third-order valence-corrected chi connectivity index (χ3v) is 4.71. The van der Waals surface area contributed by atoms with E-state index in [1.165, 1.54) is 0 Å². The van der Waals surface area contributed by atoms with Crippen LogP contribution in [-0.4, -0.2) is 5.91 Å². The lowest BCUT2D eigenvalue weighted by atomic mass is 9.86. The van der Waals surface area contributed by atoms with Crippen molar-refractivity contribution in [2.24, 2.45) is 5.73 Å². The first-order chi connectivity index (χ1) is 9.99. The first-order valence-electron chi connectivity index (χ1n) is 6.58. The molecule has 1 amide bonds. The Morgan fingerprint density at radius 2 is 1.95 bits per heavy atom. The first kappa shape index (κ1) is 15.9. The minimum absolute atomic E-state index is 0.415. The van der Waals surface area contributed by atoms with E-state index >= 15 is 0 Å². The van der Waals surface area contributed by atoms with E-state index in [2.05, 4.69) is 21.2 Å². The lowest BCUT2D eigenvalue weighted by Gasteiger charge is -2.32. The van der Waals surface area contributed by atoms with Crippen molar-refractivity contribution in [3.05, 3.63) is 63.6 Å². The molecule has 1 unspecified atom stereocenters. The van der Waals surface area contributed by atoms with Gasteiger partial charge in [-0.3, -0.25) is 4.79 Å². The van der Waals surface area contributed by atoms with Crippen molar-refractivity contribution in [2.45, 2.75) is 18.9 Å². The molecule has 3 N–H and O–H groups in total. The molecule has 110 valence electrons. The fraction of sp³-hybridized carbons (Fsp3) is 0.188. The molecule has 5 heteroatoms. The highest BCUT2D eigenvalue weighted by Crippen LogP contribution is 2.32. The van der Waals surface area contributed by atoms with Crippen molar-refractivity contribution in [3.63, 3.8) is 0 Å². The van der Waals surface area contributed by atoms with E-state index in [-0.39, 0.29) is 0 Å². The fourth-order valence-electron chi connectivity index (χ4n) is 2.29. The van der Waals surface area contributed by atoms with Gasteiger partial charge in [-0.05, 0) is 46.1 Å². The van der Waals surface area contributed by atoms with Gasteiger partial charge in [0, 0.05) is 10.2 Å². The smallest absolute Gasteiger partial charge is 0.247 e. The average molecular weight is 368 g/mol. The number of hydrogen-bond donors (Lipinski definition) is 2. The van der Waals surface area contributed by atoms with Crippen molar-refractivity contribution in [2.75, 3.05) is 5.32 Å². The Hall–Kier alpha value is -1.52. The Bertz CT molecular complexity index is 648. The van der Waals surface area contributed by atoms with E-state index in [0.29, 0.717) is 11.4 Å². The molecule has 0 radical (unpaired) electrons. The Morgan fingerprint density at radius 1 is 1.29 bits per heavy atom. The Morgan fingerprint density at radius 3 is 2.48 bits per heavy atom. The van der Waals surface area contributed by atoms with Crippen LogP contribution in [-0.2, 0) is 10.3 Å². The van der Waals surface area contributed by atoms with E-state index in [9.17, 15) is 4.79 Å². The standard InChI is InChI=1S/C16H16BrClN2O/c1-2-16(15(19)21,11-6-4-3-5-7-11)20-12-8-9-14(18)13(17)10-12/h3-10,20H,2H2,1H3,(H2,19,21). The molecule has 1 atom stereocenters. The Kier molecular flexibility index (Phi) is 4.91. The second-order valence-electron chi connectivity index (χ2n) is 4.74. The lowest BCUT2D eigenvalue weighted by Crippen LogP contribution is -2.47. The highest BCUT2D eigenvalue weighted by Gasteiger charge is 2.36. The minimum atomic E-state index is -0.950. The molecule has 0 spiro atoms. The molecule has 2 aromatic carbocycles. The van der Waals surface area contributed by atoms with Crippen LogP contribution in [0.1, 0.15) is 18.9 Å². The van der Waals surface area contributed by atoms with E-state index < -0.39 is 11.4 Å². The second kappa shape index (κ2) is 6.50. The summed E-state index contributed by atoms with van der Waals surface area (Å²) in [6.45, 7) is 1.93. The third-order valence-electron chi connectivity index (χ3n) is 3.49. The SMILES string of the molecule is CCC(Nc1ccc(Cl)c(Br)c1)(C(N)=O)c1ccccc1. The number of carbonyl (C=O) groups excluding carboxylic acids is 1. The molecular formula is C16H16BrClN2O. The number of nitrogens with two attached hydrogens (primary N) is 1. The normalized spacial score (nSPS) is 13.5.